The van der Waals surface area contributed by atoms with Gasteiger partial charge in [0.05, 0.1) is 6.54 Å². The second kappa shape index (κ2) is 7.19. The van der Waals surface area contributed by atoms with Crippen molar-refractivity contribution >= 4 is 11.9 Å². The van der Waals surface area contributed by atoms with Crippen LogP contribution in [0.2, 0.25) is 0 Å². The van der Waals surface area contributed by atoms with Gasteiger partial charge in [-0.2, -0.15) is 0 Å². The smallest absolute Gasteiger partial charge is 0.233 e. The summed E-state index contributed by atoms with van der Waals surface area (Å²) in [6.07, 6.45) is 5.78. The predicted octanol–water partition coefficient (Wildman–Crippen LogP) is 0.371. The van der Waals surface area contributed by atoms with Crippen LogP contribution in [0.1, 0.15) is 12.8 Å². The number of likely N-dealkylation sites (N-methyl/N-ethyl adjacent to an activating group) is 1. The summed E-state index contributed by atoms with van der Waals surface area (Å²) in [5, 5.41) is 2.67. The van der Waals surface area contributed by atoms with E-state index in [2.05, 4.69) is 25.1 Å². The number of hydrogen-bond donors (Lipinski definition) is 1. The zero-order chi connectivity index (χ0) is 14.4. The van der Waals surface area contributed by atoms with Crippen molar-refractivity contribution in [2.45, 2.75) is 12.8 Å². The van der Waals surface area contributed by atoms with Crippen LogP contribution in [0.3, 0.4) is 0 Å². The molecule has 2 heterocycles. The first-order valence-corrected chi connectivity index (χ1v) is 7.10. The van der Waals surface area contributed by atoms with E-state index in [9.17, 15) is 4.79 Å². The lowest BCUT2D eigenvalue weighted by atomic mass is 9.96. The SMILES string of the molecule is CNC(=O)CN1CCC(CN(C)c2ncccn2)CC1. The molecular weight excluding hydrogens is 254 g/mol. The Morgan fingerprint density at radius 2 is 2.05 bits per heavy atom. The largest absolute Gasteiger partial charge is 0.358 e. The van der Waals surface area contributed by atoms with Crippen molar-refractivity contribution in [2.75, 3.05) is 45.2 Å². The lowest BCUT2D eigenvalue weighted by Gasteiger charge is -2.33. The quantitative estimate of drug-likeness (QED) is 0.842. The summed E-state index contributed by atoms with van der Waals surface area (Å²) in [5.41, 5.74) is 0. The molecule has 1 fully saturated rings. The molecule has 1 aromatic rings. The van der Waals surface area contributed by atoms with Gasteiger partial charge < -0.3 is 10.2 Å². The fourth-order valence-electron chi connectivity index (χ4n) is 2.57. The maximum Gasteiger partial charge on any atom is 0.233 e. The molecule has 2 rings (SSSR count). The van der Waals surface area contributed by atoms with E-state index in [0.717, 1.165) is 38.4 Å². The lowest BCUT2D eigenvalue weighted by Crippen LogP contribution is -2.42. The molecule has 110 valence electrons. The zero-order valence-electron chi connectivity index (χ0n) is 12.2. The number of amides is 1. The van der Waals surface area contributed by atoms with E-state index >= 15 is 0 Å². The predicted molar refractivity (Wildman–Crippen MR) is 78.5 cm³/mol. The number of anilines is 1. The molecule has 1 saturated heterocycles. The van der Waals surface area contributed by atoms with Gasteiger partial charge in [0.2, 0.25) is 11.9 Å². The Bertz CT molecular complexity index is 417. The average Bonchev–Trinajstić information content (AvgIpc) is 2.50. The first kappa shape index (κ1) is 14.7. The molecule has 0 spiro atoms. The number of carbonyl (C=O) groups excluding carboxylic acids is 1. The molecule has 6 nitrogen and oxygen atoms in total. The van der Waals surface area contributed by atoms with E-state index in [1.165, 1.54) is 0 Å². The number of aromatic nitrogens is 2. The van der Waals surface area contributed by atoms with Gasteiger partial charge in [-0.25, -0.2) is 9.97 Å². The molecule has 20 heavy (non-hydrogen) atoms. The fourth-order valence-corrected chi connectivity index (χ4v) is 2.57. The van der Waals surface area contributed by atoms with Crippen LogP contribution < -0.4 is 10.2 Å². The Hall–Kier alpha value is -1.69. The Morgan fingerprint density at radius 3 is 2.65 bits per heavy atom. The van der Waals surface area contributed by atoms with Crippen LogP contribution in [0.25, 0.3) is 0 Å². The first-order valence-electron chi connectivity index (χ1n) is 7.10. The highest BCUT2D eigenvalue weighted by Crippen LogP contribution is 2.19. The molecule has 0 unspecified atom stereocenters. The van der Waals surface area contributed by atoms with Gasteiger partial charge in [-0.05, 0) is 37.9 Å². The molecule has 1 aliphatic heterocycles. The van der Waals surface area contributed by atoms with Crippen molar-refractivity contribution in [1.82, 2.24) is 20.2 Å². The molecule has 1 amide bonds. The van der Waals surface area contributed by atoms with Crippen molar-refractivity contribution in [2.24, 2.45) is 5.92 Å². The number of hydrogen-bond acceptors (Lipinski definition) is 5. The van der Waals surface area contributed by atoms with Crippen LogP contribution in [0.15, 0.2) is 18.5 Å². The van der Waals surface area contributed by atoms with Gasteiger partial charge in [-0.15, -0.1) is 0 Å². The van der Waals surface area contributed by atoms with Gasteiger partial charge in [-0.1, -0.05) is 0 Å². The van der Waals surface area contributed by atoms with Crippen molar-refractivity contribution in [3.8, 4) is 0 Å². The minimum atomic E-state index is 0.0956. The Kier molecular flexibility index (Phi) is 5.29. The van der Waals surface area contributed by atoms with E-state index in [4.69, 9.17) is 0 Å². The summed E-state index contributed by atoms with van der Waals surface area (Å²) < 4.78 is 0. The summed E-state index contributed by atoms with van der Waals surface area (Å²) in [7, 11) is 3.72. The molecule has 0 aliphatic carbocycles. The zero-order valence-corrected chi connectivity index (χ0v) is 12.2. The summed E-state index contributed by atoms with van der Waals surface area (Å²) in [6, 6.07) is 1.83. The van der Waals surface area contributed by atoms with Crippen LogP contribution >= 0.6 is 0 Å². The molecule has 0 saturated carbocycles. The monoisotopic (exact) mass is 277 g/mol. The number of carbonyl (C=O) groups is 1. The molecule has 6 heteroatoms. The Labute approximate surface area is 120 Å². The van der Waals surface area contributed by atoms with Gasteiger partial charge in [0.1, 0.15) is 0 Å². The third-order valence-electron chi connectivity index (χ3n) is 3.78. The molecule has 0 bridgehead atoms. The molecule has 1 aromatic heterocycles. The van der Waals surface area contributed by atoms with Crippen LogP contribution in [0, 0.1) is 5.92 Å². The van der Waals surface area contributed by atoms with Crippen molar-refractivity contribution in [3.05, 3.63) is 18.5 Å². The molecular formula is C14H23N5O. The van der Waals surface area contributed by atoms with Crippen LogP contribution in [-0.4, -0.2) is 61.0 Å². The second-order valence-corrected chi connectivity index (χ2v) is 5.32. The van der Waals surface area contributed by atoms with E-state index in [0.29, 0.717) is 12.5 Å². The van der Waals surface area contributed by atoms with E-state index < -0.39 is 0 Å². The normalized spacial score (nSPS) is 16.9. The van der Waals surface area contributed by atoms with Gasteiger partial charge in [0.15, 0.2) is 0 Å². The first-order chi connectivity index (χ1) is 9.69. The Morgan fingerprint density at radius 1 is 1.40 bits per heavy atom. The van der Waals surface area contributed by atoms with Crippen LogP contribution in [0.4, 0.5) is 5.95 Å². The van der Waals surface area contributed by atoms with Gasteiger partial charge in [0, 0.05) is 33.0 Å². The van der Waals surface area contributed by atoms with Gasteiger partial charge >= 0.3 is 0 Å². The number of piperidine rings is 1. The summed E-state index contributed by atoms with van der Waals surface area (Å²) in [4.78, 5) is 24.2. The van der Waals surface area contributed by atoms with Gasteiger partial charge in [0.25, 0.3) is 0 Å². The summed E-state index contributed by atoms with van der Waals surface area (Å²) >= 11 is 0. The van der Waals surface area contributed by atoms with Crippen LogP contribution in [0.5, 0.6) is 0 Å². The third kappa shape index (κ3) is 4.16. The van der Waals surface area contributed by atoms with E-state index in [-0.39, 0.29) is 5.91 Å². The average molecular weight is 277 g/mol. The van der Waals surface area contributed by atoms with Crippen LogP contribution in [-0.2, 0) is 4.79 Å². The topological polar surface area (TPSA) is 61.4 Å². The van der Waals surface area contributed by atoms with E-state index in [1.54, 1.807) is 19.4 Å². The summed E-state index contributed by atoms with van der Waals surface area (Å²) in [5.74, 6) is 1.52. The highest BCUT2D eigenvalue weighted by Gasteiger charge is 2.22. The summed E-state index contributed by atoms with van der Waals surface area (Å²) in [6.45, 7) is 3.46. The molecule has 0 aromatic carbocycles. The fraction of sp³-hybridized carbons (Fsp3) is 0.643. The maximum absolute atomic E-state index is 11.3. The third-order valence-corrected chi connectivity index (χ3v) is 3.78. The highest BCUT2D eigenvalue weighted by atomic mass is 16.1. The molecule has 0 atom stereocenters. The van der Waals surface area contributed by atoms with E-state index in [1.807, 2.05) is 13.1 Å². The molecule has 1 aliphatic rings. The van der Waals surface area contributed by atoms with Crippen molar-refractivity contribution in [1.29, 1.82) is 0 Å². The minimum absolute atomic E-state index is 0.0956. The van der Waals surface area contributed by atoms with Crippen molar-refractivity contribution in [3.63, 3.8) is 0 Å². The maximum atomic E-state index is 11.3. The second-order valence-electron chi connectivity index (χ2n) is 5.32. The molecule has 0 radical (unpaired) electrons. The lowest BCUT2D eigenvalue weighted by molar-refractivity contribution is -0.122. The number of nitrogens with zero attached hydrogens (tertiary/aromatic N) is 4. The Balaban J connectivity index is 1.76. The standard InChI is InChI=1S/C14H23N5O/c1-15-13(20)11-19-8-4-12(5-9-19)10-18(2)14-16-6-3-7-17-14/h3,6-7,12H,4-5,8-11H2,1-2H3,(H,15,20). The minimum Gasteiger partial charge on any atom is -0.358 e. The van der Waals surface area contributed by atoms with Crippen molar-refractivity contribution < 1.29 is 4.79 Å². The highest BCUT2D eigenvalue weighted by molar-refractivity contribution is 5.77. The number of likely N-dealkylation sites (tertiary alicyclic amines) is 1. The van der Waals surface area contributed by atoms with Gasteiger partial charge in [-0.3, -0.25) is 9.69 Å². The number of rotatable bonds is 5. The number of nitrogens with one attached hydrogen (secondary N) is 1. The molecule has 1 N–H and O–H groups in total.